The molecule has 1 aromatic heterocycles. The number of aryl methyl sites for hydroxylation is 1. The van der Waals surface area contributed by atoms with Crippen LogP contribution < -0.4 is 5.32 Å². The van der Waals surface area contributed by atoms with Gasteiger partial charge in [0, 0.05) is 24.5 Å². The van der Waals surface area contributed by atoms with Crippen molar-refractivity contribution in [3.63, 3.8) is 0 Å². The number of rotatable bonds is 6. The Morgan fingerprint density at radius 1 is 1.17 bits per heavy atom. The molecular formula is C22H25N3O5. The summed E-state index contributed by atoms with van der Waals surface area (Å²) < 4.78 is 16.0. The maximum Gasteiger partial charge on any atom is 0.241 e. The van der Waals surface area contributed by atoms with Crippen molar-refractivity contribution in [2.45, 2.75) is 19.8 Å². The highest BCUT2D eigenvalue weighted by atomic mass is 16.7. The molecule has 8 nitrogen and oxygen atoms in total. The number of likely N-dealkylation sites (N-methyl/N-ethyl adjacent to an activating group) is 1. The summed E-state index contributed by atoms with van der Waals surface area (Å²) in [5, 5.41) is 7.53. The summed E-state index contributed by atoms with van der Waals surface area (Å²) in [6.45, 7) is 2.74. The van der Waals surface area contributed by atoms with Crippen molar-refractivity contribution in [1.29, 1.82) is 0 Å². The fourth-order valence-electron chi connectivity index (χ4n) is 3.15. The lowest BCUT2D eigenvalue weighted by Crippen LogP contribution is -2.33. The zero-order valence-corrected chi connectivity index (χ0v) is 17.1. The van der Waals surface area contributed by atoms with Gasteiger partial charge in [0.1, 0.15) is 29.4 Å². The zero-order chi connectivity index (χ0) is 21.3. The molecule has 2 aliphatic rings. The van der Waals surface area contributed by atoms with Crippen LogP contribution in [0.2, 0.25) is 0 Å². The predicted octanol–water partition coefficient (Wildman–Crippen LogP) is 3.73. The van der Waals surface area contributed by atoms with E-state index in [1.165, 1.54) is 7.05 Å². The summed E-state index contributed by atoms with van der Waals surface area (Å²) in [5.74, 6) is 2.63. The molecule has 1 amide bonds. The van der Waals surface area contributed by atoms with Gasteiger partial charge in [-0.1, -0.05) is 30.4 Å². The van der Waals surface area contributed by atoms with Gasteiger partial charge in [0.2, 0.25) is 12.7 Å². The average molecular weight is 411 g/mol. The van der Waals surface area contributed by atoms with E-state index in [4.69, 9.17) is 13.9 Å². The van der Waals surface area contributed by atoms with Crippen LogP contribution in [0.25, 0.3) is 11.0 Å². The number of amides is 1. The van der Waals surface area contributed by atoms with Gasteiger partial charge in [0.15, 0.2) is 0 Å². The Balaban J connectivity index is 0.000000212. The topological polar surface area (TPSA) is 93.4 Å². The Kier molecular flexibility index (Phi) is 7.26. The molecule has 0 spiro atoms. The van der Waals surface area contributed by atoms with E-state index < -0.39 is 0 Å². The Bertz CT molecular complexity index is 968. The van der Waals surface area contributed by atoms with Gasteiger partial charge in [-0.3, -0.25) is 9.80 Å². The maximum atomic E-state index is 11.5. The number of allylic oxidation sites excluding steroid dienone is 4. The second-order valence-electron chi connectivity index (χ2n) is 6.86. The first kappa shape index (κ1) is 21.2. The van der Waals surface area contributed by atoms with E-state index in [2.05, 4.69) is 10.6 Å². The molecule has 1 aliphatic carbocycles. The molecule has 0 atom stereocenters. The van der Waals surface area contributed by atoms with E-state index in [1.807, 2.05) is 55.5 Å². The lowest BCUT2D eigenvalue weighted by molar-refractivity contribution is -0.121. The number of nitrogens with zero attached hydrogens (tertiary/aromatic N) is 2. The first-order valence-electron chi connectivity index (χ1n) is 9.67. The SMILES string of the molecule is C1=CC=C2CC(=C1)OCO2.Cc1oc2ccccc2c1CCNC(=O)CN(C)N=O. The summed E-state index contributed by atoms with van der Waals surface area (Å²) in [4.78, 5) is 21.7. The molecule has 0 saturated carbocycles. The van der Waals surface area contributed by atoms with Crippen LogP contribution in [-0.4, -0.2) is 37.8 Å². The van der Waals surface area contributed by atoms with Crippen LogP contribution >= 0.6 is 0 Å². The van der Waals surface area contributed by atoms with Gasteiger partial charge < -0.3 is 19.2 Å². The third-order valence-corrected chi connectivity index (χ3v) is 4.62. The van der Waals surface area contributed by atoms with E-state index in [0.717, 1.165) is 45.2 Å². The molecule has 1 N–H and O–H groups in total. The first-order chi connectivity index (χ1) is 14.6. The fourth-order valence-corrected chi connectivity index (χ4v) is 3.15. The second-order valence-corrected chi connectivity index (χ2v) is 6.86. The number of benzene rings is 1. The minimum absolute atomic E-state index is 0.0331. The Morgan fingerprint density at radius 2 is 1.87 bits per heavy atom. The van der Waals surface area contributed by atoms with Crippen molar-refractivity contribution < 1.29 is 18.7 Å². The van der Waals surface area contributed by atoms with Crippen LogP contribution in [0.1, 0.15) is 17.7 Å². The quantitative estimate of drug-likeness (QED) is 0.575. The number of para-hydroxylation sites is 1. The number of fused-ring (bicyclic) bond motifs is 3. The highest BCUT2D eigenvalue weighted by molar-refractivity contribution is 5.82. The highest BCUT2D eigenvalue weighted by Gasteiger charge is 2.12. The molecule has 0 unspecified atom stereocenters. The minimum atomic E-state index is -0.224. The number of nitroso groups, excluding NO2 is 1. The monoisotopic (exact) mass is 411 g/mol. The fraction of sp³-hybridized carbons (Fsp3) is 0.318. The molecule has 1 aromatic carbocycles. The third kappa shape index (κ3) is 5.73. The Labute approximate surface area is 174 Å². The van der Waals surface area contributed by atoms with Gasteiger partial charge in [-0.25, -0.2) is 0 Å². The van der Waals surface area contributed by atoms with E-state index in [0.29, 0.717) is 19.8 Å². The van der Waals surface area contributed by atoms with Gasteiger partial charge in [-0.15, -0.1) is 4.91 Å². The van der Waals surface area contributed by atoms with Crippen molar-refractivity contribution in [2.24, 2.45) is 5.29 Å². The van der Waals surface area contributed by atoms with Crippen molar-refractivity contribution in [2.75, 3.05) is 26.9 Å². The third-order valence-electron chi connectivity index (χ3n) is 4.62. The van der Waals surface area contributed by atoms with Gasteiger partial charge in [-0.2, -0.15) is 0 Å². The van der Waals surface area contributed by atoms with Crippen LogP contribution in [0, 0.1) is 11.8 Å². The highest BCUT2D eigenvalue weighted by Crippen LogP contribution is 2.25. The van der Waals surface area contributed by atoms with E-state index >= 15 is 0 Å². The standard InChI is InChI=1S/C14H17N3O3.C8H8O2/c1-10-11(12-5-3-4-6-13(12)20-10)7-8-15-14(18)9-17(2)16-19;1-2-4-8-5-7(3-1)9-6-10-8/h3-6H,7-9H2,1-2H3,(H,15,18);1-4H,5-6H2. The van der Waals surface area contributed by atoms with Crippen molar-refractivity contribution in [3.05, 3.63) is 76.3 Å². The first-order valence-corrected chi connectivity index (χ1v) is 9.67. The summed E-state index contributed by atoms with van der Waals surface area (Å²) in [6.07, 6.45) is 9.33. The zero-order valence-electron chi connectivity index (χ0n) is 17.1. The summed E-state index contributed by atoms with van der Waals surface area (Å²) in [6, 6.07) is 7.82. The lowest BCUT2D eigenvalue weighted by atomic mass is 10.1. The number of carbonyl (C=O) groups is 1. The van der Waals surface area contributed by atoms with Gasteiger partial charge in [0.05, 0.1) is 11.7 Å². The molecular weight excluding hydrogens is 386 g/mol. The van der Waals surface area contributed by atoms with E-state index in [9.17, 15) is 9.70 Å². The molecule has 0 radical (unpaired) electrons. The van der Waals surface area contributed by atoms with E-state index in [1.54, 1.807) is 0 Å². The van der Waals surface area contributed by atoms with Crippen LogP contribution in [0.3, 0.4) is 0 Å². The van der Waals surface area contributed by atoms with Crippen molar-refractivity contribution >= 4 is 16.9 Å². The second kappa shape index (κ2) is 10.3. The largest absolute Gasteiger partial charge is 0.461 e. The molecule has 4 rings (SSSR count). The molecule has 1 fully saturated rings. The smallest absolute Gasteiger partial charge is 0.241 e. The summed E-state index contributed by atoms with van der Waals surface area (Å²) >= 11 is 0. The molecule has 1 aliphatic heterocycles. The molecule has 2 heterocycles. The molecule has 2 aromatic rings. The van der Waals surface area contributed by atoms with Crippen LogP contribution in [0.15, 0.2) is 69.8 Å². The lowest BCUT2D eigenvalue weighted by Gasteiger charge is -2.18. The average Bonchev–Trinajstić information content (AvgIpc) is 2.97. The number of ether oxygens (including phenoxy) is 2. The number of carbonyl (C=O) groups excluding carboxylic acids is 1. The number of nitrogens with one attached hydrogen (secondary N) is 1. The number of hydrogen-bond donors (Lipinski definition) is 1. The van der Waals surface area contributed by atoms with Crippen molar-refractivity contribution in [3.8, 4) is 0 Å². The molecule has 1 saturated heterocycles. The van der Waals surface area contributed by atoms with Crippen LogP contribution in [0.5, 0.6) is 0 Å². The molecule has 2 bridgehead atoms. The Hall–Kier alpha value is -3.55. The number of furan rings is 1. The van der Waals surface area contributed by atoms with Gasteiger partial charge in [-0.05, 0) is 31.6 Å². The predicted molar refractivity (Wildman–Crippen MR) is 113 cm³/mol. The minimum Gasteiger partial charge on any atom is -0.461 e. The van der Waals surface area contributed by atoms with Gasteiger partial charge in [0.25, 0.3) is 0 Å². The molecule has 8 heteroatoms. The summed E-state index contributed by atoms with van der Waals surface area (Å²) in [5.41, 5.74) is 1.96. The Morgan fingerprint density at radius 3 is 2.57 bits per heavy atom. The maximum absolute atomic E-state index is 11.5. The van der Waals surface area contributed by atoms with Crippen LogP contribution in [-0.2, 0) is 20.7 Å². The summed E-state index contributed by atoms with van der Waals surface area (Å²) in [7, 11) is 1.46. The van der Waals surface area contributed by atoms with Crippen molar-refractivity contribution in [1.82, 2.24) is 10.3 Å². The molecule has 30 heavy (non-hydrogen) atoms. The normalized spacial score (nSPS) is 14.2. The molecule has 158 valence electrons. The van der Waals surface area contributed by atoms with E-state index in [-0.39, 0.29) is 12.5 Å². The van der Waals surface area contributed by atoms with Crippen LogP contribution in [0.4, 0.5) is 0 Å². The van der Waals surface area contributed by atoms with Gasteiger partial charge >= 0.3 is 0 Å². The number of hydrogen-bond acceptors (Lipinski definition) is 6.